The summed E-state index contributed by atoms with van der Waals surface area (Å²) < 4.78 is 5.26. The second-order valence-electron chi connectivity index (χ2n) is 6.31. The van der Waals surface area contributed by atoms with Crippen molar-refractivity contribution in [1.29, 1.82) is 0 Å². The quantitative estimate of drug-likeness (QED) is 0.498. The molecule has 7 heteroatoms. The molecular formula is C21H18N4O3. The van der Waals surface area contributed by atoms with E-state index in [1.165, 1.54) is 6.33 Å². The molecule has 0 atom stereocenters. The fraction of sp³-hybridized carbons (Fsp3) is 0.143. The van der Waals surface area contributed by atoms with Crippen molar-refractivity contribution < 1.29 is 14.6 Å². The first kappa shape index (κ1) is 17.7. The van der Waals surface area contributed by atoms with Gasteiger partial charge in [-0.15, -0.1) is 0 Å². The normalized spacial score (nSPS) is 10.9. The first-order valence-corrected chi connectivity index (χ1v) is 8.79. The lowest BCUT2D eigenvalue weighted by Gasteiger charge is -2.11. The van der Waals surface area contributed by atoms with Crippen molar-refractivity contribution in [2.24, 2.45) is 0 Å². The molecule has 0 aliphatic carbocycles. The van der Waals surface area contributed by atoms with Crippen LogP contribution in [0, 0.1) is 0 Å². The molecule has 0 aliphatic heterocycles. The summed E-state index contributed by atoms with van der Waals surface area (Å²) in [6, 6.07) is 12.8. The van der Waals surface area contributed by atoms with Crippen molar-refractivity contribution in [3.8, 4) is 5.75 Å². The van der Waals surface area contributed by atoms with Crippen LogP contribution in [0.4, 0.5) is 5.82 Å². The predicted octanol–water partition coefficient (Wildman–Crippen LogP) is 3.54. The Morgan fingerprint density at radius 2 is 2.07 bits per heavy atom. The van der Waals surface area contributed by atoms with Gasteiger partial charge in [0.25, 0.3) is 0 Å². The summed E-state index contributed by atoms with van der Waals surface area (Å²) >= 11 is 0. The number of carboxylic acids is 1. The lowest BCUT2D eigenvalue weighted by atomic mass is 10.1. The zero-order valence-electron chi connectivity index (χ0n) is 15.2. The Labute approximate surface area is 161 Å². The summed E-state index contributed by atoms with van der Waals surface area (Å²) in [6.07, 6.45) is 3.98. The van der Waals surface area contributed by atoms with Gasteiger partial charge in [-0.1, -0.05) is 18.2 Å². The Kier molecular flexibility index (Phi) is 4.72. The number of hydrogen-bond donors (Lipinski definition) is 2. The van der Waals surface area contributed by atoms with Crippen LogP contribution in [0.5, 0.6) is 5.75 Å². The van der Waals surface area contributed by atoms with Crippen molar-refractivity contribution in [3.63, 3.8) is 0 Å². The van der Waals surface area contributed by atoms with E-state index in [9.17, 15) is 9.90 Å². The summed E-state index contributed by atoms with van der Waals surface area (Å²) in [6.45, 7) is 0.642. The molecule has 2 heterocycles. The summed E-state index contributed by atoms with van der Waals surface area (Å²) in [4.78, 5) is 24.4. The molecule has 2 N–H and O–H groups in total. The van der Waals surface area contributed by atoms with Gasteiger partial charge in [-0.05, 0) is 36.2 Å². The number of rotatable bonds is 6. The van der Waals surface area contributed by atoms with Crippen molar-refractivity contribution in [3.05, 3.63) is 66.1 Å². The third-order valence-electron chi connectivity index (χ3n) is 4.54. The molecule has 2 aromatic heterocycles. The molecule has 4 rings (SSSR count). The first-order valence-electron chi connectivity index (χ1n) is 8.79. The van der Waals surface area contributed by atoms with Gasteiger partial charge in [-0.2, -0.15) is 0 Å². The van der Waals surface area contributed by atoms with Gasteiger partial charge in [0.05, 0.1) is 18.2 Å². The largest absolute Gasteiger partial charge is 0.497 e. The minimum Gasteiger partial charge on any atom is -0.497 e. The third-order valence-corrected chi connectivity index (χ3v) is 4.54. The zero-order valence-corrected chi connectivity index (χ0v) is 15.2. The SMILES string of the molecule is COc1cccc(CCNc2nc3cc(C(=O)O)ccc3c3cncnc23)c1. The summed E-state index contributed by atoms with van der Waals surface area (Å²) in [7, 11) is 1.65. The number of nitrogens with one attached hydrogen (secondary N) is 1. The van der Waals surface area contributed by atoms with E-state index in [2.05, 4.69) is 20.3 Å². The van der Waals surface area contributed by atoms with Crippen molar-refractivity contribution >= 4 is 33.6 Å². The van der Waals surface area contributed by atoms with Crippen LogP contribution >= 0.6 is 0 Å². The number of fused-ring (bicyclic) bond motifs is 3. The number of hydrogen-bond acceptors (Lipinski definition) is 6. The van der Waals surface area contributed by atoms with E-state index in [0.29, 0.717) is 23.4 Å². The average Bonchev–Trinajstić information content (AvgIpc) is 2.73. The maximum absolute atomic E-state index is 11.3. The van der Waals surface area contributed by atoms with Crippen LogP contribution in [0.15, 0.2) is 55.0 Å². The Bertz CT molecular complexity index is 1180. The van der Waals surface area contributed by atoms with Crippen LogP contribution in [-0.4, -0.2) is 39.7 Å². The van der Waals surface area contributed by atoms with Crippen molar-refractivity contribution in [1.82, 2.24) is 15.0 Å². The van der Waals surface area contributed by atoms with Gasteiger partial charge in [0.15, 0.2) is 5.82 Å². The number of carbonyl (C=O) groups is 1. The minimum atomic E-state index is -0.986. The molecule has 0 unspecified atom stereocenters. The molecule has 0 radical (unpaired) electrons. The maximum atomic E-state index is 11.3. The first-order chi connectivity index (χ1) is 13.7. The predicted molar refractivity (Wildman–Crippen MR) is 107 cm³/mol. The molecule has 4 aromatic rings. The van der Waals surface area contributed by atoms with Gasteiger partial charge in [0.1, 0.15) is 17.6 Å². The van der Waals surface area contributed by atoms with Gasteiger partial charge < -0.3 is 15.2 Å². The van der Waals surface area contributed by atoms with Crippen LogP contribution in [0.1, 0.15) is 15.9 Å². The Morgan fingerprint density at radius 1 is 1.18 bits per heavy atom. The van der Waals surface area contributed by atoms with Gasteiger partial charge in [0, 0.05) is 23.5 Å². The second kappa shape index (κ2) is 7.48. The van der Waals surface area contributed by atoms with E-state index in [1.807, 2.05) is 24.3 Å². The number of benzene rings is 2. The zero-order chi connectivity index (χ0) is 19.5. The highest BCUT2D eigenvalue weighted by atomic mass is 16.5. The fourth-order valence-corrected chi connectivity index (χ4v) is 3.15. The van der Waals surface area contributed by atoms with Crippen LogP contribution < -0.4 is 10.1 Å². The van der Waals surface area contributed by atoms with E-state index in [4.69, 9.17) is 4.74 Å². The standard InChI is InChI=1S/C21H18N4O3/c1-28-15-4-2-3-13(9-15)7-8-23-20-19-17(11-22-12-24-19)16-6-5-14(21(26)27)10-18(16)25-20/h2-6,9-12H,7-8H2,1H3,(H,23,25)(H,26,27). The van der Waals surface area contributed by atoms with E-state index in [1.54, 1.807) is 31.5 Å². The fourth-order valence-electron chi connectivity index (χ4n) is 3.15. The van der Waals surface area contributed by atoms with E-state index >= 15 is 0 Å². The van der Waals surface area contributed by atoms with Gasteiger partial charge in [0.2, 0.25) is 0 Å². The van der Waals surface area contributed by atoms with Crippen LogP contribution in [0.25, 0.3) is 21.8 Å². The number of nitrogens with zero attached hydrogens (tertiary/aromatic N) is 3. The van der Waals surface area contributed by atoms with Crippen LogP contribution in [-0.2, 0) is 6.42 Å². The Balaban J connectivity index is 1.67. The smallest absolute Gasteiger partial charge is 0.335 e. The highest BCUT2D eigenvalue weighted by Crippen LogP contribution is 2.28. The molecule has 0 amide bonds. The number of anilines is 1. The monoisotopic (exact) mass is 374 g/mol. The average molecular weight is 374 g/mol. The Morgan fingerprint density at radius 3 is 2.89 bits per heavy atom. The topological polar surface area (TPSA) is 97.2 Å². The number of aromatic carboxylic acids is 1. The molecule has 0 aliphatic rings. The molecule has 28 heavy (non-hydrogen) atoms. The molecule has 0 bridgehead atoms. The number of aromatic nitrogens is 3. The number of methoxy groups -OCH3 is 1. The summed E-state index contributed by atoms with van der Waals surface area (Å²) in [5, 5.41) is 14.2. The molecule has 0 saturated heterocycles. The second-order valence-corrected chi connectivity index (χ2v) is 6.31. The van der Waals surface area contributed by atoms with E-state index in [-0.39, 0.29) is 5.56 Å². The molecule has 0 spiro atoms. The molecule has 7 nitrogen and oxygen atoms in total. The van der Waals surface area contributed by atoms with Crippen molar-refractivity contribution in [2.75, 3.05) is 19.0 Å². The van der Waals surface area contributed by atoms with Crippen LogP contribution in [0.3, 0.4) is 0 Å². The Hall–Kier alpha value is -3.74. The minimum absolute atomic E-state index is 0.193. The number of carboxylic acid groups (broad SMARTS) is 1. The summed E-state index contributed by atoms with van der Waals surface area (Å²) in [5.41, 5.74) is 2.63. The number of ether oxygens (including phenoxy) is 1. The molecular weight excluding hydrogens is 356 g/mol. The van der Waals surface area contributed by atoms with Gasteiger partial charge in [-0.25, -0.2) is 19.7 Å². The highest BCUT2D eigenvalue weighted by molar-refractivity contribution is 6.09. The van der Waals surface area contributed by atoms with Gasteiger partial charge >= 0.3 is 5.97 Å². The number of pyridine rings is 1. The summed E-state index contributed by atoms with van der Waals surface area (Å²) in [5.74, 6) is 0.441. The molecule has 2 aromatic carbocycles. The highest BCUT2D eigenvalue weighted by Gasteiger charge is 2.12. The lowest BCUT2D eigenvalue weighted by molar-refractivity contribution is 0.0697. The van der Waals surface area contributed by atoms with Crippen LogP contribution in [0.2, 0.25) is 0 Å². The lowest BCUT2D eigenvalue weighted by Crippen LogP contribution is -2.08. The molecule has 0 fully saturated rings. The van der Waals surface area contributed by atoms with E-state index in [0.717, 1.165) is 28.5 Å². The molecule has 0 saturated carbocycles. The maximum Gasteiger partial charge on any atom is 0.335 e. The van der Waals surface area contributed by atoms with E-state index < -0.39 is 5.97 Å². The third kappa shape index (κ3) is 3.42. The van der Waals surface area contributed by atoms with Gasteiger partial charge in [-0.3, -0.25) is 0 Å². The van der Waals surface area contributed by atoms with Crippen molar-refractivity contribution in [2.45, 2.75) is 6.42 Å². The molecule has 140 valence electrons.